The lowest BCUT2D eigenvalue weighted by molar-refractivity contribution is 0.290. The van der Waals surface area contributed by atoms with Gasteiger partial charge in [0.15, 0.2) is 11.6 Å². The van der Waals surface area contributed by atoms with Crippen LogP contribution in [0.1, 0.15) is 31.2 Å². The second kappa shape index (κ2) is 6.01. The van der Waals surface area contributed by atoms with Crippen molar-refractivity contribution in [3.05, 3.63) is 29.6 Å². The number of hydrogen-bond donors (Lipinski definition) is 1. The van der Waals surface area contributed by atoms with E-state index in [1.54, 1.807) is 19.1 Å². The molecule has 1 aliphatic carbocycles. The molecular formula is C14H20FNO. The Morgan fingerprint density at radius 1 is 1.35 bits per heavy atom. The average molecular weight is 237 g/mol. The van der Waals surface area contributed by atoms with Gasteiger partial charge >= 0.3 is 0 Å². The van der Waals surface area contributed by atoms with Gasteiger partial charge in [-0.1, -0.05) is 12.1 Å². The van der Waals surface area contributed by atoms with Crippen molar-refractivity contribution in [1.29, 1.82) is 0 Å². The minimum Gasteiger partial charge on any atom is -0.491 e. The lowest BCUT2D eigenvalue weighted by Gasteiger charge is -2.08. The van der Waals surface area contributed by atoms with E-state index in [1.807, 2.05) is 6.07 Å². The van der Waals surface area contributed by atoms with Crippen LogP contribution in [0.25, 0.3) is 0 Å². The summed E-state index contributed by atoms with van der Waals surface area (Å²) < 4.78 is 19.0. The van der Waals surface area contributed by atoms with Gasteiger partial charge in [-0.05, 0) is 50.8 Å². The summed E-state index contributed by atoms with van der Waals surface area (Å²) in [6.07, 6.45) is 4.70. The fraction of sp³-hybridized carbons (Fsp3) is 0.571. The molecular weight excluding hydrogens is 217 g/mol. The van der Waals surface area contributed by atoms with E-state index >= 15 is 0 Å². The summed E-state index contributed by atoms with van der Waals surface area (Å²) in [4.78, 5) is 0. The van der Waals surface area contributed by atoms with Gasteiger partial charge in [-0.2, -0.15) is 0 Å². The van der Waals surface area contributed by atoms with Crippen LogP contribution >= 0.6 is 0 Å². The molecule has 0 unspecified atom stereocenters. The second-order valence-electron chi connectivity index (χ2n) is 4.67. The van der Waals surface area contributed by atoms with Crippen molar-refractivity contribution in [2.24, 2.45) is 0 Å². The molecule has 1 aromatic rings. The summed E-state index contributed by atoms with van der Waals surface area (Å²) in [6.45, 7) is 3.39. The minimum atomic E-state index is -0.233. The molecule has 0 bridgehead atoms. The van der Waals surface area contributed by atoms with Crippen LogP contribution in [0.15, 0.2) is 18.2 Å². The zero-order valence-corrected chi connectivity index (χ0v) is 10.3. The van der Waals surface area contributed by atoms with E-state index in [1.165, 1.54) is 12.8 Å². The molecule has 0 aliphatic heterocycles. The van der Waals surface area contributed by atoms with Crippen LogP contribution in [0, 0.1) is 12.7 Å². The molecule has 1 saturated carbocycles. The Kier molecular flexibility index (Phi) is 4.37. The third-order valence-corrected chi connectivity index (χ3v) is 3.00. The molecule has 1 fully saturated rings. The van der Waals surface area contributed by atoms with Gasteiger partial charge in [0.2, 0.25) is 0 Å². The fourth-order valence-electron chi connectivity index (χ4n) is 1.73. The summed E-state index contributed by atoms with van der Waals surface area (Å²) in [5, 5.41) is 3.45. The van der Waals surface area contributed by atoms with Gasteiger partial charge in [0.1, 0.15) is 0 Å². The monoisotopic (exact) mass is 237 g/mol. The molecule has 1 aromatic carbocycles. The van der Waals surface area contributed by atoms with Gasteiger partial charge in [-0.25, -0.2) is 4.39 Å². The molecule has 17 heavy (non-hydrogen) atoms. The molecule has 1 N–H and O–H groups in total. The molecule has 1 aliphatic rings. The van der Waals surface area contributed by atoms with E-state index in [0.717, 1.165) is 25.4 Å². The maximum absolute atomic E-state index is 13.6. The highest BCUT2D eigenvalue weighted by Crippen LogP contribution is 2.20. The maximum atomic E-state index is 13.6. The molecule has 0 heterocycles. The topological polar surface area (TPSA) is 21.3 Å². The third-order valence-electron chi connectivity index (χ3n) is 3.00. The summed E-state index contributed by atoms with van der Waals surface area (Å²) in [7, 11) is 0. The van der Waals surface area contributed by atoms with Crippen LogP contribution in [0.3, 0.4) is 0 Å². The lowest BCUT2D eigenvalue weighted by Crippen LogP contribution is -2.18. The fourth-order valence-corrected chi connectivity index (χ4v) is 1.73. The molecule has 2 nitrogen and oxygen atoms in total. The first-order chi connectivity index (χ1) is 8.27. The summed E-state index contributed by atoms with van der Waals surface area (Å²) in [5.74, 6) is 0.142. The van der Waals surface area contributed by atoms with E-state index in [0.29, 0.717) is 17.9 Å². The smallest absolute Gasteiger partial charge is 0.167 e. The molecule has 0 radical (unpaired) electrons. The van der Waals surface area contributed by atoms with Gasteiger partial charge < -0.3 is 10.1 Å². The van der Waals surface area contributed by atoms with Crippen molar-refractivity contribution in [2.75, 3.05) is 13.2 Å². The largest absolute Gasteiger partial charge is 0.491 e. The molecule has 0 aromatic heterocycles. The van der Waals surface area contributed by atoms with Crippen molar-refractivity contribution in [2.45, 2.75) is 38.6 Å². The van der Waals surface area contributed by atoms with Crippen LogP contribution in [-0.4, -0.2) is 19.2 Å². The standard InChI is InChI=1S/C14H20FNO/c1-11-5-4-6-13(14(11)15)17-10-3-2-9-16-12-7-8-12/h4-6,12,16H,2-3,7-10H2,1H3. The molecule has 94 valence electrons. The predicted molar refractivity (Wildman–Crippen MR) is 66.9 cm³/mol. The van der Waals surface area contributed by atoms with E-state index < -0.39 is 0 Å². The van der Waals surface area contributed by atoms with Crippen molar-refractivity contribution >= 4 is 0 Å². The van der Waals surface area contributed by atoms with Gasteiger partial charge in [-0.3, -0.25) is 0 Å². The first-order valence-corrected chi connectivity index (χ1v) is 6.38. The van der Waals surface area contributed by atoms with E-state index in [2.05, 4.69) is 5.32 Å². The average Bonchev–Trinajstić information content (AvgIpc) is 3.12. The summed E-state index contributed by atoms with van der Waals surface area (Å²) in [5.41, 5.74) is 0.637. The van der Waals surface area contributed by atoms with Gasteiger partial charge in [-0.15, -0.1) is 0 Å². The van der Waals surface area contributed by atoms with Crippen LogP contribution in [0.2, 0.25) is 0 Å². The SMILES string of the molecule is Cc1cccc(OCCCCNC2CC2)c1F. The van der Waals surface area contributed by atoms with Crippen LogP contribution < -0.4 is 10.1 Å². The Hall–Kier alpha value is -1.09. The first kappa shape index (κ1) is 12.4. The number of ether oxygens (including phenoxy) is 1. The normalized spacial score (nSPS) is 14.9. The quantitative estimate of drug-likeness (QED) is 0.736. The van der Waals surface area contributed by atoms with E-state index in [4.69, 9.17) is 4.74 Å². The Morgan fingerprint density at radius 3 is 2.94 bits per heavy atom. The summed E-state index contributed by atoms with van der Waals surface area (Å²) >= 11 is 0. The van der Waals surface area contributed by atoms with Gasteiger partial charge in [0.05, 0.1) is 6.61 Å². The predicted octanol–water partition coefficient (Wildman–Crippen LogP) is 3.05. The van der Waals surface area contributed by atoms with E-state index in [-0.39, 0.29) is 5.82 Å². The van der Waals surface area contributed by atoms with Gasteiger partial charge in [0.25, 0.3) is 0 Å². The highest BCUT2D eigenvalue weighted by atomic mass is 19.1. The Labute approximate surface area is 102 Å². The van der Waals surface area contributed by atoms with Gasteiger partial charge in [0, 0.05) is 6.04 Å². The number of nitrogens with one attached hydrogen (secondary N) is 1. The van der Waals surface area contributed by atoms with Crippen LogP contribution in [0.4, 0.5) is 4.39 Å². The number of hydrogen-bond acceptors (Lipinski definition) is 2. The number of benzene rings is 1. The maximum Gasteiger partial charge on any atom is 0.167 e. The highest BCUT2D eigenvalue weighted by Gasteiger charge is 2.19. The zero-order valence-electron chi connectivity index (χ0n) is 10.3. The first-order valence-electron chi connectivity index (χ1n) is 6.38. The molecule has 0 spiro atoms. The van der Waals surface area contributed by atoms with Crippen molar-refractivity contribution in [3.8, 4) is 5.75 Å². The Morgan fingerprint density at radius 2 is 2.18 bits per heavy atom. The van der Waals surface area contributed by atoms with Crippen LogP contribution in [0.5, 0.6) is 5.75 Å². The van der Waals surface area contributed by atoms with E-state index in [9.17, 15) is 4.39 Å². The minimum absolute atomic E-state index is 0.233. The highest BCUT2D eigenvalue weighted by molar-refractivity contribution is 5.29. The van der Waals surface area contributed by atoms with Crippen molar-refractivity contribution in [1.82, 2.24) is 5.32 Å². The molecule has 3 heteroatoms. The third kappa shape index (κ3) is 4.00. The number of rotatable bonds is 7. The molecule has 0 atom stereocenters. The molecule has 2 rings (SSSR count). The number of unbranched alkanes of at least 4 members (excludes halogenated alkanes) is 1. The van der Waals surface area contributed by atoms with Crippen molar-refractivity contribution in [3.63, 3.8) is 0 Å². The van der Waals surface area contributed by atoms with Crippen LogP contribution in [-0.2, 0) is 0 Å². The molecule has 0 saturated heterocycles. The Bertz CT molecular complexity index is 363. The molecule has 0 amide bonds. The second-order valence-corrected chi connectivity index (χ2v) is 4.67. The Balaban J connectivity index is 1.61. The summed E-state index contributed by atoms with van der Waals surface area (Å²) in [6, 6.07) is 6.03. The zero-order chi connectivity index (χ0) is 12.1. The lowest BCUT2D eigenvalue weighted by atomic mass is 10.2. The number of aryl methyl sites for hydroxylation is 1. The van der Waals surface area contributed by atoms with Crippen molar-refractivity contribution < 1.29 is 9.13 Å². The number of halogens is 1.